The van der Waals surface area contributed by atoms with Gasteiger partial charge < -0.3 is 19.9 Å². The summed E-state index contributed by atoms with van der Waals surface area (Å²) in [7, 11) is -3.02. The Bertz CT molecular complexity index is 1150. The van der Waals surface area contributed by atoms with E-state index in [0.29, 0.717) is 15.7 Å². The number of nitro benzene ring substituents is 1. The Kier molecular flexibility index (Phi) is 7.26. The van der Waals surface area contributed by atoms with Crippen molar-refractivity contribution in [2.45, 2.75) is 23.5 Å². The number of aliphatic hydroxyl groups is 1. The Morgan fingerprint density at radius 3 is 2.52 bits per heavy atom. The molecule has 0 radical (unpaired) electrons. The van der Waals surface area contributed by atoms with Crippen molar-refractivity contribution in [3.8, 4) is 5.75 Å². The number of hydrogen-bond donors (Lipinski definition) is 2. The second-order valence-corrected chi connectivity index (χ2v) is 8.95. The molecule has 1 amide bonds. The quantitative estimate of drug-likeness (QED) is 0.318. The molecule has 2 aromatic rings. The largest absolute Gasteiger partial charge is 0.497 e. The first-order valence-corrected chi connectivity index (χ1v) is 11.1. The van der Waals surface area contributed by atoms with E-state index in [-0.39, 0.29) is 6.42 Å². The molecule has 33 heavy (non-hydrogen) atoms. The molecule has 2 aromatic carbocycles. The molecule has 1 aliphatic rings. The number of esters is 1. The third-order valence-electron chi connectivity index (χ3n) is 4.87. The summed E-state index contributed by atoms with van der Waals surface area (Å²) in [5.74, 6) is -1.14. The summed E-state index contributed by atoms with van der Waals surface area (Å²) in [5, 5.41) is 23.7. The van der Waals surface area contributed by atoms with Crippen molar-refractivity contribution >= 4 is 33.3 Å². The zero-order valence-corrected chi connectivity index (χ0v) is 18.2. The number of methoxy groups -OCH3 is 1. The lowest BCUT2D eigenvalue weighted by molar-refractivity contribution is -0.387. The standard InChI is InChI=1S/C20H21N3O9S/c1-31-15-8-6-13(7-9-15)21-19(25)12-32-20(26)17-10-14(24)11-22(17)33(29,30)18-5-3-2-4-16(18)23(27)28/h2-9,14,17,24H,10-12H2,1H3,(H,21,25)/t14-,17-/m0/s1. The number of β-amino-alcohol motifs (C(OH)–C–C–N with tert-alkyl or cyclic N) is 1. The Balaban J connectivity index is 1.70. The fourth-order valence-electron chi connectivity index (χ4n) is 3.32. The van der Waals surface area contributed by atoms with Crippen LogP contribution in [0.4, 0.5) is 11.4 Å². The number of rotatable bonds is 8. The average molecular weight is 479 g/mol. The van der Waals surface area contributed by atoms with Crippen molar-refractivity contribution < 1.29 is 37.5 Å². The van der Waals surface area contributed by atoms with Crippen LogP contribution in [0.5, 0.6) is 5.75 Å². The predicted molar refractivity (Wildman–Crippen MR) is 114 cm³/mol. The van der Waals surface area contributed by atoms with Crippen LogP contribution < -0.4 is 10.1 Å². The fourth-order valence-corrected chi connectivity index (χ4v) is 5.11. The van der Waals surface area contributed by atoms with E-state index in [4.69, 9.17) is 9.47 Å². The second-order valence-electron chi connectivity index (χ2n) is 7.09. The summed E-state index contributed by atoms with van der Waals surface area (Å²) in [6, 6.07) is 9.63. The monoisotopic (exact) mass is 479 g/mol. The maximum Gasteiger partial charge on any atom is 0.325 e. The molecule has 1 heterocycles. The summed E-state index contributed by atoms with van der Waals surface area (Å²) in [6.07, 6.45) is -1.47. The molecule has 176 valence electrons. The molecule has 0 aromatic heterocycles. The highest BCUT2D eigenvalue weighted by Gasteiger charge is 2.46. The van der Waals surface area contributed by atoms with Crippen molar-refractivity contribution in [3.63, 3.8) is 0 Å². The molecule has 0 bridgehead atoms. The first-order chi connectivity index (χ1) is 15.6. The number of sulfonamides is 1. The number of amides is 1. The molecule has 3 rings (SSSR count). The maximum atomic E-state index is 13.1. The lowest BCUT2D eigenvalue weighted by atomic mass is 10.2. The van der Waals surface area contributed by atoms with Crippen LogP contribution in [0.3, 0.4) is 0 Å². The van der Waals surface area contributed by atoms with Gasteiger partial charge in [0.1, 0.15) is 11.8 Å². The van der Waals surface area contributed by atoms with E-state index in [2.05, 4.69) is 5.32 Å². The molecule has 1 saturated heterocycles. The van der Waals surface area contributed by atoms with Gasteiger partial charge in [0.2, 0.25) is 0 Å². The molecule has 2 atom stereocenters. The molecule has 13 heteroatoms. The van der Waals surface area contributed by atoms with Gasteiger partial charge in [-0.25, -0.2) is 8.42 Å². The first-order valence-electron chi connectivity index (χ1n) is 9.67. The number of benzene rings is 2. The average Bonchev–Trinajstić information content (AvgIpc) is 3.20. The number of nitro groups is 1. The number of nitrogens with one attached hydrogen (secondary N) is 1. The van der Waals surface area contributed by atoms with Gasteiger partial charge in [0.25, 0.3) is 21.6 Å². The van der Waals surface area contributed by atoms with Crippen molar-refractivity contribution in [2.75, 3.05) is 25.6 Å². The maximum absolute atomic E-state index is 13.1. The zero-order valence-electron chi connectivity index (χ0n) is 17.4. The Morgan fingerprint density at radius 2 is 1.88 bits per heavy atom. The number of hydrogen-bond acceptors (Lipinski definition) is 9. The van der Waals surface area contributed by atoms with Gasteiger partial charge in [-0.15, -0.1) is 0 Å². The molecule has 1 aliphatic heterocycles. The minimum absolute atomic E-state index is 0.279. The van der Waals surface area contributed by atoms with Gasteiger partial charge in [-0.05, 0) is 30.3 Å². The molecule has 1 fully saturated rings. The molecular formula is C20H21N3O9S. The van der Waals surface area contributed by atoms with Gasteiger partial charge >= 0.3 is 5.97 Å². The topological polar surface area (TPSA) is 165 Å². The van der Waals surface area contributed by atoms with E-state index in [9.17, 15) is 33.2 Å². The van der Waals surface area contributed by atoms with Crippen LogP contribution in [0.1, 0.15) is 6.42 Å². The number of ether oxygens (including phenoxy) is 2. The molecule has 2 N–H and O–H groups in total. The van der Waals surface area contributed by atoms with Crippen molar-refractivity contribution in [1.29, 1.82) is 0 Å². The van der Waals surface area contributed by atoms with Gasteiger partial charge in [-0.2, -0.15) is 4.31 Å². The highest BCUT2D eigenvalue weighted by atomic mass is 32.2. The van der Waals surface area contributed by atoms with Crippen molar-refractivity contribution in [2.24, 2.45) is 0 Å². The summed E-state index contributed by atoms with van der Waals surface area (Å²) in [6.45, 7) is -1.15. The van der Waals surface area contributed by atoms with Crippen molar-refractivity contribution in [1.82, 2.24) is 4.31 Å². The molecular weight excluding hydrogens is 458 g/mol. The van der Waals surface area contributed by atoms with Crippen LogP contribution in [0, 0.1) is 10.1 Å². The summed E-state index contributed by atoms with van der Waals surface area (Å²) in [5.41, 5.74) is -0.237. The summed E-state index contributed by atoms with van der Waals surface area (Å²) >= 11 is 0. The molecule has 0 saturated carbocycles. The number of anilines is 1. The highest BCUT2D eigenvalue weighted by Crippen LogP contribution is 2.31. The fraction of sp³-hybridized carbons (Fsp3) is 0.300. The van der Waals surface area contributed by atoms with E-state index < -0.39 is 62.7 Å². The number of carbonyl (C=O) groups excluding carboxylic acids is 2. The third kappa shape index (κ3) is 5.45. The SMILES string of the molecule is COc1ccc(NC(=O)COC(=O)[C@@H]2C[C@H](O)CN2S(=O)(=O)c2ccccc2[N+](=O)[O-])cc1. The Hall–Kier alpha value is -3.55. The molecule has 12 nitrogen and oxygen atoms in total. The normalized spacial score (nSPS) is 18.5. The molecule has 0 aliphatic carbocycles. The van der Waals surface area contributed by atoms with Crippen LogP contribution in [-0.2, 0) is 24.3 Å². The van der Waals surface area contributed by atoms with Gasteiger partial charge in [-0.1, -0.05) is 12.1 Å². The lowest BCUT2D eigenvalue weighted by Crippen LogP contribution is -2.42. The van der Waals surface area contributed by atoms with E-state index in [0.717, 1.165) is 12.1 Å². The summed E-state index contributed by atoms with van der Waals surface area (Å²) < 4.78 is 36.8. The van der Waals surface area contributed by atoms with Gasteiger partial charge in [-0.3, -0.25) is 19.7 Å². The number of para-hydroxylation sites is 1. The zero-order chi connectivity index (χ0) is 24.2. The number of aliphatic hydroxyl groups excluding tert-OH is 1. The minimum atomic E-state index is -4.52. The van der Waals surface area contributed by atoms with Crippen LogP contribution in [0.25, 0.3) is 0 Å². The van der Waals surface area contributed by atoms with E-state index in [1.54, 1.807) is 24.3 Å². The highest BCUT2D eigenvalue weighted by molar-refractivity contribution is 7.89. The van der Waals surface area contributed by atoms with Gasteiger partial charge in [0.05, 0.1) is 18.1 Å². The van der Waals surface area contributed by atoms with Crippen LogP contribution in [0.15, 0.2) is 53.4 Å². The van der Waals surface area contributed by atoms with E-state index in [1.807, 2.05) is 0 Å². The predicted octanol–water partition coefficient (Wildman–Crippen LogP) is 0.909. The Labute approximate surface area is 188 Å². The van der Waals surface area contributed by atoms with Gasteiger partial charge in [0, 0.05) is 24.7 Å². The summed E-state index contributed by atoms with van der Waals surface area (Å²) in [4.78, 5) is 34.5. The molecule has 0 spiro atoms. The van der Waals surface area contributed by atoms with E-state index >= 15 is 0 Å². The first kappa shape index (κ1) is 24.1. The number of carbonyl (C=O) groups is 2. The number of nitrogens with zero attached hydrogens (tertiary/aromatic N) is 2. The Morgan fingerprint density at radius 1 is 1.21 bits per heavy atom. The van der Waals surface area contributed by atoms with Crippen molar-refractivity contribution in [3.05, 3.63) is 58.6 Å². The third-order valence-corrected chi connectivity index (χ3v) is 6.80. The van der Waals surface area contributed by atoms with E-state index in [1.165, 1.54) is 19.2 Å². The second kappa shape index (κ2) is 9.94. The van der Waals surface area contributed by atoms with Crippen LogP contribution in [0.2, 0.25) is 0 Å². The van der Waals surface area contributed by atoms with Gasteiger partial charge in [0.15, 0.2) is 11.5 Å². The molecule has 0 unspecified atom stereocenters. The van der Waals surface area contributed by atoms with Crippen LogP contribution >= 0.6 is 0 Å². The van der Waals surface area contributed by atoms with Crippen LogP contribution in [-0.4, -0.2) is 67.0 Å². The minimum Gasteiger partial charge on any atom is -0.497 e. The smallest absolute Gasteiger partial charge is 0.325 e. The lowest BCUT2D eigenvalue weighted by Gasteiger charge is -2.22.